The van der Waals surface area contributed by atoms with E-state index in [-0.39, 0.29) is 10.8 Å². The van der Waals surface area contributed by atoms with Crippen LogP contribution in [0.5, 0.6) is 5.75 Å². The minimum absolute atomic E-state index is 0.0527. The van der Waals surface area contributed by atoms with Gasteiger partial charge in [-0.25, -0.2) is 4.98 Å². The van der Waals surface area contributed by atoms with E-state index in [1.165, 1.54) is 37.7 Å². The summed E-state index contributed by atoms with van der Waals surface area (Å²) in [5.74, 6) is 0.918. The zero-order chi connectivity index (χ0) is 20.1. The molecule has 3 nitrogen and oxygen atoms in total. The molecule has 0 saturated heterocycles. The third-order valence-electron chi connectivity index (χ3n) is 6.46. The standard InChI is InChI=1S/C24H38N2O/c1-8-11-12-13-14-24(6,10-3)22-17-25-19-15-18(23(4,5)9-2)21(27-7)16-20(19)26-22/h15-17H,8-14H2,1-7H3. The fraction of sp³-hybridized carbons (Fsp3) is 0.667. The first kappa shape index (κ1) is 21.7. The molecule has 2 rings (SSSR count). The molecule has 0 fully saturated rings. The van der Waals surface area contributed by atoms with E-state index >= 15 is 0 Å². The van der Waals surface area contributed by atoms with Gasteiger partial charge in [0.2, 0.25) is 0 Å². The monoisotopic (exact) mass is 370 g/mol. The summed E-state index contributed by atoms with van der Waals surface area (Å²) in [4.78, 5) is 9.84. The van der Waals surface area contributed by atoms with E-state index in [1.54, 1.807) is 7.11 Å². The Morgan fingerprint density at radius 2 is 1.67 bits per heavy atom. The van der Waals surface area contributed by atoms with Gasteiger partial charge in [-0.15, -0.1) is 0 Å². The number of fused-ring (bicyclic) bond motifs is 1. The highest BCUT2D eigenvalue weighted by Gasteiger charge is 2.28. The third kappa shape index (κ3) is 4.80. The zero-order valence-electron chi connectivity index (χ0n) is 18.5. The molecule has 1 unspecified atom stereocenters. The van der Waals surface area contributed by atoms with Gasteiger partial charge < -0.3 is 4.74 Å². The van der Waals surface area contributed by atoms with Crippen molar-refractivity contribution in [3.63, 3.8) is 0 Å². The number of nitrogens with zero attached hydrogens (tertiary/aromatic N) is 2. The SMILES string of the molecule is CCCCCCC(C)(CC)c1cnc2cc(C(C)(C)CC)c(OC)cc2n1. The van der Waals surface area contributed by atoms with Gasteiger partial charge in [0.1, 0.15) is 5.75 Å². The van der Waals surface area contributed by atoms with Crippen LogP contribution in [-0.4, -0.2) is 17.1 Å². The molecule has 0 aliphatic heterocycles. The van der Waals surface area contributed by atoms with Crippen molar-refractivity contribution in [1.82, 2.24) is 9.97 Å². The van der Waals surface area contributed by atoms with Crippen molar-refractivity contribution in [1.29, 1.82) is 0 Å². The largest absolute Gasteiger partial charge is 0.496 e. The van der Waals surface area contributed by atoms with E-state index in [0.29, 0.717) is 0 Å². The van der Waals surface area contributed by atoms with Crippen LogP contribution in [0.4, 0.5) is 0 Å². The van der Waals surface area contributed by atoms with Crippen molar-refractivity contribution in [3.8, 4) is 5.75 Å². The Hall–Kier alpha value is -1.64. The van der Waals surface area contributed by atoms with Crippen LogP contribution in [0.25, 0.3) is 11.0 Å². The van der Waals surface area contributed by atoms with Crippen LogP contribution in [0, 0.1) is 0 Å². The summed E-state index contributed by atoms with van der Waals surface area (Å²) in [5, 5.41) is 0. The molecule has 2 aromatic rings. The molecule has 0 aliphatic carbocycles. The lowest BCUT2D eigenvalue weighted by Gasteiger charge is -2.28. The molecule has 0 N–H and O–H groups in total. The zero-order valence-corrected chi connectivity index (χ0v) is 18.5. The van der Waals surface area contributed by atoms with Crippen LogP contribution in [0.15, 0.2) is 18.3 Å². The molecule has 1 atom stereocenters. The minimum atomic E-state index is 0.0527. The molecule has 150 valence electrons. The Kier molecular flexibility index (Phi) is 7.25. The first-order valence-electron chi connectivity index (χ1n) is 10.7. The second kappa shape index (κ2) is 9.03. The van der Waals surface area contributed by atoms with Gasteiger partial charge >= 0.3 is 0 Å². The smallest absolute Gasteiger partial charge is 0.124 e. The van der Waals surface area contributed by atoms with Gasteiger partial charge in [0.05, 0.1) is 23.8 Å². The van der Waals surface area contributed by atoms with E-state index < -0.39 is 0 Å². The predicted molar refractivity (Wildman–Crippen MR) is 116 cm³/mol. The quantitative estimate of drug-likeness (QED) is 0.424. The number of ether oxygens (including phenoxy) is 1. The van der Waals surface area contributed by atoms with Gasteiger partial charge in [0.15, 0.2) is 0 Å². The van der Waals surface area contributed by atoms with Crippen LogP contribution >= 0.6 is 0 Å². The summed E-state index contributed by atoms with van der Waals surface area (Å²) in [6.07, 6.45) is 10.4. The minimum Gasteiger partial charge on any atom is -0.496 e. The normalized spacial score (nSPS) is 14.3. The summed E-state index contributed by atoms with van der Waals surface area (Å²) in [7, 11) is 1.75. The molecule has 1 aromatic carbocycles. The van der Waals surface area contributed by atoms with E-state index in [1.807, 2.05) is 6.20 Å². The van der Waals surface area contributed by atoms with Crippen LogP contribution in [0.1, 0.15) is 97.7 Å². The van der Waals surface area contributed by atoms with E-state index in [0.717, 1.165) is 35.3 Å². The Morgan fingerprint density at radius 3 is 2.26 bits per heavy atom. The topological polar surface area (TPSA) is 35.0 Å². The number of hydrogen-bond donors (Lipinski definition) is 0. The molecule has 0 amide bonds. The van der Waals surface area contributed by atoms with Crippen molar-refractivity contribution < 1.29 is 4.74 Å². The van der Waals surface area contributed by atoms with Crippen molar-refractivity contribution in [2.75, 3.05) is 7.11 Å². The fourth-order valence-corrected chi connectivity index (χ4v) is 3.65. The van der Waals surface area contributed by atoms with Gasteiger partial charge in [-0.3, -0.25) is 4.98 Å². The molecule has 0 spiro atoms. The lowest BCUT2D eigenvalue weighted by molar-refractivity contribution is 0.384. The number of rotatable bonds is 10. The van der Waals surface area contributed by atoms with Crippen molar-refractivity contribution >= 4 is 11.0 Å². The first-order chi connectivity index (χ1) is 12.8. The maximum absolute atomic E-state index is 5.72. The third-order valence-corrected chi connectivity index (χ3v) is 6.46. The van der Waals surface area contributed by atoms with Crippen LogP contribution < -0.4 is 4.74 Å². The Bertz CT molecular complexity index is 753. The number of methoxy groups -OCH3 is 1. The van der Waals surface area contributed by atoms with Crippen LogP contribution in [-0.2, 0) is 10.8 Å². The highest BCUT2D eigenvalue weighted by atomic mass is 16.5. The molecule has 3 heteroatoms. The second-order valence-corrected chi connectivity index (χ2v) is 8.76. The molecule has 0 saturated carbocycles. The van der Waals surface area contributed by atoms with Crippen LogP contribution in [0.2, 0.25) is 0 Å². The Balaban J connectivity index is 2.42. The van der Waals surface area contributed by atoms with Crippen LogP contribution in [0.3, 0.4) is 0 Å². The summed E-state index contributed by atoms with van der Waals surface area (Å²) in [6.45, 7) is 13.6. The number of hydrogen-bond acceptors (Lipinski definition) is 3. The molecular weight excluding hydrogens is 332 g/mol. The van der Waals surface area contributed by atoms with E-state index in [2.05, 4.69) is 53.7 Å². The molecule has 1 heterocycles. The van der Waals surface area contributed by atoms with Gasteiger partial charge in [0, 0.05) is 23.2 Å². The average molecular weight is 371 g/mol. The first-order valence-corrected chi connectivity index (χ1v) is 10.7. The maximum Gasteiger partial charge on any atom is 0.124 e. The number of benzene rings is 1. The molecule has 0 bridgehead atoms. The maximum atomic E-state index is 5.72. The van der Waals surface area contributed by atoms with Gasteiger partial charge in [-0.1, -0.05) is 67.2 Å². The predicted octanol–water partition coefficient (Wildman–Crippen LogP) is 6.96. The van der Waals surface area contributed by atoms with Gasteiger partial charge in [-0.05, 0) is 30.7 Å². The molecule has 0 radical (unpaired) electrons. The van der Waals surface area contributed by atoms with Gasteiger partial charge in [-0.2, -0.15) is 0 Å². The van der Waals surface area contributed by atoms with E-state index in [9.17, 15) is 0 Å². The summed E-state index contributed by atoms with van der Waals surface area (Å²) >= 11 is 0. The molecule has 0 aliphatic rings. The lowest BCUT2D eigenvalue weighted by atomic mass is 9.79. The number of unbranched alkanes of at least 4 members (excludes halogenated alkanes) is 3. The van der Waals surface area contributed by atoms with Gasteiger partial charge in [0.25, 0.3) is 0 Å². The lowest BCUT2D eigenvalue weighted by Crippen LogP contribution is -2.23. The highest BCUT2D eigenvalue weighted by Crippen LogP contribution is 2.37. The van der Waals surface area contributed by atoms with Crippen molar-refractivity contribution in [3.05, 3.63) is 29.6 Å². The fourth-order valence-electron chi connectivity index (χ4n) is 3.65. The molecular formula is C24H38N2O. The Morgan fingerprint density at radius 1 is 0.926 bits per heavy atom. The average Bonchev–Trinajstić information content (AvgIpc) is 2.69. The van der Waals surface area contributed by atoms with Crippen molar-refractivity contribution in [2.45, 2.75) is 97.3 Å². The highest BCUT2D eigenvalue weighted by molar-refractivity contribution is 5.78. The summed E-state index contributed by atoms with van der Waals surface area (Å²) in [6, 6.07) is 4.24. The molecule has 1 aromatic heterocycles. The summed E-state index contributed by atoms with van der Waals surface area (Å²) < 4.78 is 5.72. The second-order valence-electron chi connectivity index (χ2n) is 8.76. The van der Waals surface area contributed by atoms with E-state index in [4.69, 9.17) is 14.7 Å². The summed E-state index contributed by atoms with van der Waals surface area (Å²) in [5.41, 5.74) is 4.35. The Labute approximate surface area is 166 Å². The number of aromatic nitrogens is 2. The van der Waals surface area contributed by atoms with Crippen molar-refractivity contribution in [2.24, 2.45) is 0 Å². The molecule has 27 heavy (non-hydrogen) atoms.